The molecule has 2 rings (SSSR count). The number of carbonyl (C=O) groups excluding carboxylic acids is 1. The maximum absolute atomic E-state index is 11.8. The molecule has 1 aliphatic carbocycles. The molecule has 0 fully saturated rings. The van der Waals surface area contributed by atoms with Crippen LogP contribution in [0.2, 0.25) is 36.3 Å². The van der Waals surface area contributed by atoms with Crippen molar-refractivity contribution in [1.29, 1.82) is 0 Å². The quantitative estimate of drug-likeness (QED) is 0.268. The van der Waals surface area contributed by atoms with Crippen LogP contribution in [-0.4, -0.2) is 56.4 Å². The first kappa shape index (κ1) is 29.5. The normalized spacial score (nSPS) is 20.4. The Labute approximate surface area is 216 Å². The minimum absolute atomic E-state index is 0.0793. The average molecular weight is 570 g/mol. The van der Waals surface area contributed by atoms with Crippen LogP contribution in [0.15, 0.2) is 40.4 Å². The van der Waals surface area contributed by atoms with E-state index in [-0.39, 0.29) is 43.2 Å². The van der Waals surface area contributed by atoms with E-state index in [9.17, 15) is 4.79 Å². The first-order valence-electron chi connectivity index (χ1n) is 12.4. The Balaban J connectivity index is 2.50. The fourth-order valence-electron chi connectivity index (χ4n) is 3.41. The molecule has 4 nitrogen and oxygen atoms in total. The van der Waals surface area contributed by atoms with Crippen LogP contribution in [0.4, 0.5) is 0 Å². The molecule has 0 saturated carbocycles. The minimum atomic E-state index is -2.05. The zero-order valence-corrected chi connectivity index (χ0v) is 26.9. The molecular weight excluding hydrogens is 523 g/mol. The Hall–Kier alpha value is -0.697. The topological polar surface area (TPSA) is 44.8 Å². The van der Waals surface area contributed by atoms with Gasteiger partial charge in [-0.2, -0.15) is 0 Å². The molecular formula is C27H46O4SeSi2. The second-order valence-corrected chi connectivity index (χ2v) is 24.4. The van der Waals surface area contributed by atoms with Crippen LogP contribution >= 0.6 is 0 Å². The van der Waals surface area contributed by atoms with Crippen LogP contribution in [0.5, 0.6) is 0 Å². The number of carbonyl (C=O) groups is 1. The molecule has 2 atom stereocenters. The SMILES string of the molecule is CC(=O)OCC1=C([Se]c2ccccc2)C[C@H](O[Si](C)(C)C(C)(C)C)C[C@@H]1O[Si](C)(C)C(C)(C)C. The molecule has 0 aliphatic heterocycles. The van der Waals surface area contributed by atoms with Crippen molar-refractivity contribution in [2.75, 3.05) is 6.61 Å². The van der Waals surface area contributed by atoms with Gasteiger partial charge in [0.1, 0.15) is 0 Å². The van der Waals surface area contributed by atoms with Crippen LogP contribution < -0.4 is 4.46 Å². The fraction of sp³-hybridized carbons (Fsp3) is 0.667. The maximum atomic E-state index is 11.8. The van der Waals surface area contributed by atoms with Gasteiger partial charge in [0, 0.05) is 0 Å². The molecule has 0 amide bonds. The number of hydrogen-bond acceptors (Lipinski definition) is 4. The van der Waals surface area contributed by atoms with E-state index in [0.717, 1.165) is 12.8 Å². The van der Waals surface area contributed by atoms with Crippen molar-refractivity contribution in [3.05, 3.63) is 40.4 Å². The first-order valence-corrected chi connectivity index (χ1v) is 19.9. The first-order chi connectivity index (χ1) is 15.4. The van der Waals surface area contributed by atoms with E-state index in [4.69, 9.17) is 13.6 Å². The van der Waals surface area contributed by atoms with Gasteiger partial charge in [0.05, 0.1) is 0 Å². The van der Waals surface area contributed by atoms with Gasteiger partial charge in [-0.1, -0.05) is 0 Å². The van der Waals surface area contributed by atoms with Gasteiger partial charge in [-0.3, -0.25) is 0 Å². The Kier molecular flexibility index (Phi) is 9.68. The Morgan fingerprint density at radius 2 is 1.47 bits per heavy atom. The van der Waals surface area contributed by atoms with Gasteiger partial charge in [0.2, 0.25) is 0 Å². The van der Waals surface area contributed by atoms with Gasteiger partial charge >= 0.3 is 217 Å². The molecule has 0 N–H and O–H groups in total. The summed E-state index contributed by atoms with van der Waals surface area (Å²) in [6.07, 6.45) is 1.75. The van der Waals surface area contributed by atoms with Gasteiger partial charge in [0.25, 0.3) is 0 Å². The van der Waals surface area contributed by atoms with Crippen molar-refractivity contribution in [3.8, 4) is 0 Å². The van der Waals surface area contributed by atoms with Crippen molar-refractivity contribution in [3.63, 3.8) is 0 Å². The van der Waals surface area contributed by atoms with E-state index in [1.54, 1.807) is 0 Å². The molecule has 0 aromatic heterocycles. The fourth-order valence-corrected chi connectivity index (χ4v) is 8.53. The molecule has 0 radical (unpaired) electrons. The van der Waals surface area contributed by atoms with E-state index in [1.807, 2.05) is 0 Å². The molecule has 34 heavy (non-hydrogen) atoms. The van der Waals surface area contributed by atoms with E-state index < -0.39 is 16.6 Å². The third-order valence-corrected chi connectivity index (χ3v) is 19.1. The Bertz CT molecular complexity index is 867. The van der Waals surface area contributed by atoms with Crippen LogP contribution in [-0.2, 0) is 18.4 Å². The van der Waals surface area contributed by atoms with Crippen molar-refractivity contribution in [2.24, 2.45) is 0 Å². The molecule has 0 saturated heterocycles. The summed E-state index contributed by atoms with van der Waals surface area (Å²) in [7, 11) is -3.99. The summed E-state index contributed by atoms with van der Waals surface area (Å²) in [4.78, 5) is 11.8. The summed E-state index contributed by atoms with van der Waals surface area (Å²) in [5.41, 5.74) is 1.17. The predicted molar refractivity (Wildman–Crippen MR) is 149 cm³/mol. The van der Waals surface area contributed by atoms with E-state index in [1.165, 1.54) is 21.4 Å². The zero-order chi connectivity index (χ0) is 25.9. The molecule has 192 valence electrons. The van der Waals surface area contributed by atoms with E-state index in [2.05, 4.69) is 98.1 Å². The summed E-state index contributed by atoms with van der Waals surface area (Å²) in [5, 5.41) is 0.243. The Morgan fingerprint density at radius 3 is 1.97 bits per heavy atom. The third kappa shape index (κ3) is 7.90. The average Bonchev–Trinajstić information content (AvgIpc) is 2.65. The van der Waals surface area contributed by atoms with E-state index >= 15 is 0 Å². The summed E-state index contributed by atoms with van der Waals surface area (Å²) < 4.78 is 22.2. The number of ether oxygens (including phenoxy) is 1. The number of esters is 1. The third-order valence-electron chi connectivity index (χ3n) is 7.56. The summed E-state index contributed by atoms with van der Waals surface area (Å²) in [6.45, 7) is 24.8. The number of benzene rings is 1. The second-order valence-electron chi connectivity index (χ2n) is 12.5. The molecule has 1 aromatic carbocycles. The summed E-state index contributed by atoms with van der Waals surface area (Å²) in [5.74, 6) is -0.246. The van der Waals surface area contributed by atoms with Crippen LogP contribution in [0, 0.1) is 0 Å². The number of rotatable bonds is 8. The standard InChI is InChI=1S/C27H46O4SeSi2/c1-20(28)29-19-23-24(31-34(10,11)27(5,6)7)17-21(30-33(8,9)26(2,3)4)18-25(23)32-22-15-13-12-14-16-22/h12-16,21,24H,17-19H2,1-11H3/t21-,24+/m1/s1. The summed E-state index contributed by atoms with van der Waals surface area (Å²) in [6, 6.07) is 10.6. The van der Waals surface area contributed by atoms with Crippen molar-refractivity contribution >= 4 is 42.0 Å². The predicted octanol–water partition coefficient (Wildman–Crippen LogP) is 6.41. The van der Waals surface area contributed by atoms with Crippen molar-refractivity contribution in [2.45, 2.75) is 110 Å². The zero-order valence-electron chi connectivity index (χ0n) is 23.2. The molecule has 0 bridgehead atoms. The molecule has 7 heteroatoms. The Morgan fingerprint density at radius 1 is 0.941 bits per heavy atom. The molecule has 0 heterocycles. The van der Waals surface area contributed by atoms with Crippen molar-refractivity contribution < 1.29 is 18.4 Å². The molecule has 0 unspecified atom stereocenters. The van der Waals surface area contributed by atoms with Gasteiger partial charge in [0.15, 0.2) is 0 Å². The number of hydrogen-bond donors (Lipinski definition) is 0. The van der Waals surface area contributed by atoms with Crippen molar-refractivity contribution in [1.82, 2.24) is 0 Å². The van der Waals surface area contributed by atoms with Crippen LogP contribution in [0.3, 0.4) is 0 Å². The molecule has 0 spiro atoms. The molecule has 1 aromatic rings. The second kappa shape index (κ2) is 11.1. The van der Waals surface area contributed by atoms with Crippen LogP contribution in [0.25, 0.3) is 0 Å². The summed E-state index contributed by atoms with van der Waals surface area (Å²) >= 11 is 0.126. The van der Waals surface area contributed by atoms with Gasteiger partial charge in [-0.15, -0.1) is 0 Å². The molecule has 1 aliphatic rings. The van der Waals surface area contributed by atoms with Gasteiger partial charge in [-0.05, 0) is 0 Å². The van der Waals surface area contributed by atoms with E-state index in [0.29, 0.717) is 6.61 Å². The van der Waals surface area contributed by atoms with Crippen LogP contribution in [0.1, 0.15) is 61.3 Å². The van der Waals surface area contributed by atoms with Gasteiger partial charge in [-0.25, -0.2) is 0 Å². The van der Waals surface area contributed by atoms with Gasteiger partial charge < -0.3 is 0 Å². The monoisotopic (exact) mass is 570 g/mol.